The number of rotatable bonds is 7. The van der Waals surface area contributed by atoms with Gasteiger partial charge < -0.3 is 9.47 Å². The topological polar surface area (TPSA) is 74.6 Å². The zero-order chi connectivity index (χ0) is 21.5. The van der Waals surface area contributed by atoms with E-state index in [1.807, 2.05) is 24.3 Å². The van der Waals surface area contributed by atoms with Crippen LogP contribution < -0.4 is 19.5 Å². The van der Waals surface area contributed by atoms with Crippen molar-refractivity contribution in [1.29, 1.82) is 0 Å². The van der Waals surface area contributed by atoms with Gasteiger partial charge in [-0.2, -0.15) is 0 Å². The number of ether oxygens (including phenoxy) is 2. The minimum absolute atomic E-state index is 0.170. The first-order valence-corrected chi connectivity index (χ1v) is 10.2. The Labute approximate surface area is 177 Å². The molecule has 0 radical (unpaired) electrons. The van der Waals surface area contributed by atoms with Gasteiger partial charge in [0.2, 0.25) is 0 Å². The fraction of sp³-hybridized carbons (Fsp3) is 0.174. The van der Waals surface area contributed by atoms with Gasteiger partial charge in [0.05, 0.1) is 30.9 Å². The van der Waals surface area contributed by atoms with E-state index in [2.05, 4.69) is 0 Å². The van der Waals surface area contributed by atoms with E-state index in [0.717, 1.165) is 16.9 Å². The standard InChI is InChI=1S/C23H21NO5S/c1-3-29-22(26)14-21-24(15-19(25)17-9-5-4-6-10-17)23(27)20(30-21)13-16-8-7-11-18(12-16)28-2/h4-14H,3,15H2,1-2H3/b20-13-,21-14-. The lowest BCUT2D eigenvalue weighted by molar-refractivity contribution is -0.135. The molecule has 0 aliphatic rings. The molecule has 0 amide bonds. The zero-order valence-corrected chi connectivity index (χ0v) is 17.5. The van der Waals surface area contributed by atoms with E-state index in [-0.39, 0.29) is 24.5 Å². The Morgan fingerprint density at radius 1 is 1.10 bits per heavy atom. The van der Waals surface area contributed by atoms with Gasteiger partial charge in [-0.05, 0) is 30.7 Å². The molecule has 0 fully saturated rings. The van der Waals surface area contributed by atoms with Crippen LogP contribution in [0.15, 0.2) is 59.4 Å². The average molecular weight is 423 g/mol. The van der Waals surface area contributed by atoms with E-state index in [9.17, 15) is 14.4 Å². The minimum atomic E-state index is -0.562. The number of hydrogen-bond donors (Lipinski definition) is 0. The number of thiazole rings is 1. The Hall–Kier alpha value is -3.45. The van der Waals surface area contributed by atoms with Gasteiger partial charge in [0.25, 0.3) is 5.56 Å². The molecule has 30 heavy (non-hydrogen) atoms. The van der Waals surface area contributed by atoms with Gasteiger partial charge in [-0.25, -0.2) is 4.79 Å². The maximum atomic E-state index is 13.0. The Morgan fingerprint density at radius 2 is 1.87 bits per heavy atom. The number of nitrogens with zero attached hydrogens (tertiary/aromatic N) is 1. The van der Waals surface area contributed by atoms with Crippen LogP contribution in [0.3, 0.4) is 0 Å². The summed E-state index contributed by atoms with van der Waals surface area (Å²) in [6.07, 6.45) is 2.96. The van der Waals surface area contributed by atoms with Gasteiger partial charge >= 0.3 is 5.97 Å². The van der Waals surface area contributed by atoms with Crippen molar-refractivity contribution in [1.82, 2.24) is 4.57 Å². The van der Waals surface area contributed by atoms with Crippen molar-refractivity contribution in [3.05, 3.63) is 85.3 Å². The molecule has 0 bridgehead atoms. The van der Waals surface area contributed by atoms with Crippen LogP contribution in [-0.4, -0.2) is 30.0 Å². The largest absolute Gasteiger partial charge is 0.497 e. The van der Waals surface area contributed by atoms with Crippen LogP contribution in [0, 0.1) is 0 Å². The second kappa shape index (κ2) is 9.84. The third-order valence-electron chi connectivity index (χ3n) is 4.25. The third kappa shape index (κ3) is 5.12. The van der Waals surface area contributed by atoms with E-state index in [1.165, 1.54) is 10.6 Å². The van der Waals surface area contributed by atoms with Gasteiger partial charge in [-0.15, -0.1) is 11.3 Å². The highest BCUT2D eigenvalue weighted by Crippen LogP contribution is 2.12. The number of Topliss-reactive ketones (excluding diaryl/α,β-unsaturated/α-hetero) is 1. The van der Waals surface area contributed by atoms with Crippen molar-refractivity contribution in [3.63, 3.8) is 0 Å². The van der Waals surface area contributed by atoms with Crippen LogP contribution in [0.5, 0.6) is 5.75 Å². The number of benzene rings is 2. The molecule has 1 aromatic heterocycles. The summed E-state index contributed by atoms with van der Waals surface area (Å²) in [6.45, 7) is 1.75. The number of carbonyl (C=O) groups is 2. The van der Waals surface area contributed by atoms with Crippen LogP contribution in [-0.2, 0) is 16.1 Å². The van der Waals surface area contributed by atoms with E-state index in [0.29, 0.717) is 20.5 Å². The summed E-state index contributed by atoms with van der Waals surface area (Å²) >= 11 is 1.13. The molecular formula is C23H21NO5S. The van der Waals surface area contributed by atoms with Crippen molar-refractivity contribution >= 4 is 35.2 Å². The number of aromatic nitrogens is 1. The molecule has 154 valence electrons. The highest BCUT2D eigenvalue weighted by molar-refractivity contribution is 7.07. The van der Waals surface area contributed by atoms with Crippen molar-refractivity contribution in [2.45, 2.75) is 13.5 Å². The van der Waals surface area contributed by atoms with Crippen LogP contribution in [0.4, 0.5) is 0 Å². The summed E-state index contributed by atoms with van der Waals surface area (Å²) in [5, 5.41) is 0. The minimum Gasteiger partial charge on any atom is -0.497 e. The second-order valence-electron chi connectivity index (χ2n) is 6.30. The first kappa shape index (κ1) is 21.3. The molecule has 3 aromatic rings. The summed E-state index contributed by atoms with van der Waals surface area (Å²) < 4.78 is 12.3. The summed E-state index contributed by atoms with van der Waals surface area (Å²) in [5.74, 6) is -0.118. The highest BCUT2D eigenvalue weighted by Gasteiger charge is 2.12. The monoisotopic (exact) mass is 423 g/mol. The molecule has 3 rings (SSSR count). The molecule has 0 saturated heterocycles. The number of methoxy groups -OCH3 is 1. The summed E-state index contributed by atoms with van der Waals surface area (Å²) in [4.78, 5) is 37.7. The molecule has 2 aromatic carbocycles. The summed E-state index contributed by atoms with van der Waals surface area (Å²) in [5.41, 5.74) is 0.926. The molecule has 1 heterocycles. The van der Waals surface area contributed by atoms with Crippen LogP contribution in [0.25, 0.3) is 12.2 Å². The molecule has 0 spiro atoms. The molecule has 0 aliphatic carbocycles. The van der Waals surface area contributed by atoms with E-state index in [1.54, 1.807) is 50.4 Å². The van der Waals surface area contributed by atoms with E-state index >= 15 is 0 Å². The Morgan fingerprint density at radius 3 is 2.57 bits per heavy atom. The molecular weight excluding hydrogens is 402 g/mol. The predicted molar refractivity (Wildman–Crippen MR) is 116 cm³/mol. The van der Waals surface area contributed by atoms with Crippen molar-refractivity contribution in [2.75, 3.05) is 13.7 Å². The van der Waals surface area contributed by atoms with Crippen molar-refractivity contribution in [2.24, 2.45) is 0 Å². The quantitative estimate of drug-likeness (QED) is 0.429. The molecule has 0 N–H and O–H groups in total. The normalized spacial score (nSPS) is 12.1. The third-order valence-corrected chi connectivity index (χ3v) is 5.31. The first-order valence-electron chi connectivity index (χ1n) is 9.34. The maximum Gasteiger partial charge on any atom is 0.333 e. The summed E-state index contributed by atoms with van der Waals surface area (Å²) in [7, 11) is 1.57. The fourth-order valence-electron chi connectivity index (χ4n) is 2.82. The van der Waals surface area contributed by atoms with Gasteiger partial charge in [0.1, 0.15) is 10.4 Å². The molecule has 0 atom stereocenters. The fourth-order valence-corrected chi connectivity index (χ4v) is 3.85. The average Bonchev–Trinajstić information content (AvgIpc) is 3.03. The van der Waals surface area contributed by atoms with E-state index < -0.39 is 5.97 Å². The van der Waals surface area contributed by atoms with Gasteiger partial charge in [0.15, 0.2) is 5.78 Å². The number of ketones is 1. The van der Waals surface area contributed by atoms with Gasteiger partial charge in [-0.1, -0.05) is 42.5 Å². The number of esters is 1. The van der Waals surface area contributed by atoms with Crippen molar-refractivity contribution in [3.8, 4) is 5.75 Å². The predicted octanol–water partition coefficient (Wildman–Crippen LogP) is 1.97. The lowest BCUT2D eigenvalue weighted by Crippen LogP contribution is -2.34. The number of hydrogen-bond acceptors (Lipinski definition) is 6. The SMILES string of the molecule is CCOC(=O)/C=c1\s/c(=C\c2cccc(OC)c2)c(=O)n1CC(=O)c1ccccc1. The first-order chi connectivity index (χ1) is 14.5. The molecule has 0 unspecified atom stereocenters. The second-order valence-corrected chi connectivity index (χ2v) is 7.36. The van der Waals surface area contributed by atoms with Crippen LogP contribution >= 0.6 is 11.3 Å². The molecule has 0 aliphatic heterocycles. The van der Waals surface area contributed by atoms with Crippen molar-refractivity contribution < 1.29 is 19.1 Å². The lowest BCUT2D eigenvalue weighted by Gasteiger charge is -2.02. The molecule has 6 nitrogen and oxygen atoms in total. The smallest absolute Gasteiger partial charge is 0.333 e. The zero-order valence-electron chi connectivity index (χ0n) is 16.7. The molecule has 0 saturated carbocycles. The Balaban J connectivity index is 2.10. The highest BCUT2D eigenvalue weighted by atomic mass is 32.1. The van der Waals surface area contributed by atoms with Gasteiger partial charge in [0, 0.05) is 5.56 Å². The lowest BCUT2D eigenvalue weighted by atomic mass is 10.1. The Bertz CT molecular complexity index is 1220. The Kier molecular flexibility index (Phi) is 6.98. The van der Waals surface area contributed by atoms with Gasteiger partial charge in [-0.3, -0.25) is 14.2 Å². The van der Waals surface area contributed by atoms with Crippen LogP contribution in [0.1, 0.15) is 22.8 Å². The van der Waals surface area contributed by atoms with Crippen LogP contribution in [0.2, 0.25) is 0 Å². The number of carbonyl (C=O) groups excluding carboxylic acids is 2. The van der Waals surface area contributed by atoms with E-state index in [4.69, 9.17) is 9.47 Å². The maximum absolute atomic E-state index is 13.0. The summed E-state index contributed by atoms with van der Waals surface area (Å²) in [6, 6.07) is 16.0. The molecule has 7 heteroatoms.